The summed E-state index contributed by atoms with van der Waals surface area (Å²) >= 11 is 5.96. The average molecular weight is 370 g/mol. The highest BCUT2D eigenvalue weighted by molar-refractivity contribution is 6.30. The number of benzene rings is 2. The monoisotopic (exact) mass is 369 g/mol. The number of halogens is 1. The third-order valence-electron chi connectivity index (χ3n) is 5.27. The van der Waals surface area contributed by atoms with E-state index >= 15 is 0 Å². The van der Waals surface area contributed by atoms with Gasteiger partial charge in [-0.25, -0.2) is 0 Å². The fourth-order valence-corrected chi connectivity index (χ4v) is 3.87. The van der Waals surface area contributed by atoms with E-state index in [1.54, 1.807) is 0 Å². The highest BCUT2D eigenvalue weighted by atomic mass is 35.5. The van der Waals surface area contributed by atoms with Gasteiger partial charge in [-0.3, -0.25) is 5.10 Å². The zero-order valence-corrected chi connectivity index (χ0v) is 15.7. The van der Waals surface area contributed by atoms with Crippen LogP contribution in [0.15, 0.2) is 42.6 Å². The van der Waals surface area contributed by atoms with Crippen LogP contribution in [0.1, 0.15) is 36.8 Å². The first-order chi connectivity index (χ1) is 12.7. The minimum absolute atomic E-state index is 0.259. The minimum Gasteiger partial charge on any atom is -0.490 e. The van der Waals surface area contributed by atoms with E-state index in [0.717, 1.165) is 46.6 Å². The molecule has 0 bridgehead atoms. The van der Waals surface area contributed by atoms with Crippen LogP contribution in [0.2, 0.25) is 5.02 Å². The Morgan fingerprint density at radius 2 is 2.04 bits per heavy atom. The molecular formula is C21H24ClN3O. The average Bonchev–Trinajstić information content (AvgIpc) is 3.14. The molecule has 1 saturated carbocycles. The van der Waals surface area contributed by atoms with Crippen LogP contribution in [-0.2, 0) is 6.54 Å². The van der Waals surface area contributed by atoms with Crippen molar-refractivity contribution < 1.29 is 4.74 Å². The molecule has 1 aliphatic carbocycles. The van der Waals surface area contributed by atoms with Gasteiger partial charge in [0.15, 0.2) is 0 Å². The number of H-pyrrole nitrogens is 1. The molecule has 2 aromatic carbocycles. The maximum absolute atomic E-state index is 6.36. The van der Waals surface area contributed by atoms with Crippen LogP contribution < -0.4 is 10.1 Å². The van der Waals surface area contributed by atoms with Gasteiger partial charge in [-0.2, -0.15) is 5.10 Å². The summed E-state index contributed by atoms with van der Waals surface area (Å²) in [5.41, 5.74) is 3.48. The smallest absolute Gasteiger partial charge is 0.123 e. The van der Waals surface area contributed by atoms with Crippen molar-refractivity contribution >= 4 is 22.5 Å². The number of aromatic nitrogens is 2. The normalized spacial score (nSPS) is 20.4. The molecule has 5 heteroatoms. The van der Waals surface area contributed by atoms with E-state index in [1.807, 2.05) is 24.4 Å². The van der Waals surface area contributed by atoms with Gasteiger partial charge in [0.25, 0.3) is 0 Å². The zero-order chi connectivity index (χ0) is 17.9. The van der Waals surface area contributed by atoms with Crippen LogP contribution in [0.25, 0.3) is 10.9 Å². The molecule has 0 aliphatic heterocycles. The van der Waals surface area contributed by atoms with Crippen molar-refractivity contribution in [3.05, 3.63) is 58.7 Å². The van der Waals surface area contributed by atoms with Crippen molar-refractivity contribution in [2.75, 3.05) is 0 Å². The minimum atomic E-state index is 0.259. The molecule has 2 N–H and O–H groups in total. The van der Waals surface area contributed by atoms with Crippen LogP contribution in [0.4, 0.5) is 0 Å². The van der Waals surface area contributed by atoms with E-state index < -0.39 is 0 Å². The Balaban J connectivity index is 1.36. The highest BCUT2D eigenvalue weighted by Crippen LogP contribution is 2.30. The first-order valence-electron chi connectivity index (χ1n) is 9.26. The van der Waals surface area contributed by atoms with Crippen LogP contribution in [-0.4, -0.2) is 22.3 Å². The summed E-state index contributed by atoms with van der Waals surface area (Å²) in [4.78, 5) is 0. The van der Waals surface area contributed by atoms with E-state index in [4.69, 9.17) is 16.3 Å². The Morgan fingerprint density at radius 1 is 1.19 bits per heavy atom. The first kappa shape index (κ1) is 17.4. The molecule has 0 amide bonds. The van der Waals surface area contributed by atoms with E-state index in [9.17, 15) is 0 Å². The third-order valence-corrected chi connectivity index (χ3v) is 5.52. The summed E-state index contributed by atoms with van der Waals surface area (Å²) in [6.07, 6.45) is 6.67. The van der Waals surface area contributed by atoms with Crippen molar-refractivity contribution in [3.63, 3.8) is 0 Å². The van der Waals surface area contributed by atoms with Crippen molar-refractivity contribution in [1.82, 2.24) is 15.5 Å². The largest absolute Gasteiger partial charge is 0.490 e. The Labute approximate surface area is 158 Å². The molecule has 0 radical (unpaired) electrons. The lowest BCUT2D eigenvalue weighted by molar-refractivity contribution is 0.133. The summed E-state index contributed by atoms with van der Waals surface area (Å²) in [7, 11) is 0. The number of nitrogens with one attached hydrogen (secondary N) is 2. The zero-order valence-electron chi connectivity index (χ0n) is 15.0. The molecule has 2 atom stereocenters. The third kappa shape index (κ3) is 3.87. The van der Waals surface area contributed by atoms with Gasteiger partial charge >= 0.3 is 0 Å². The molecular weight excluding hydrogens is 346 g/mol. The van der Waals surface area contributed by atoms with Crippen molar-refractivity contribution in [2.45, 2.75) is 51.3 Å². The lowest BCUT2D eigenvalue weighted by Crippen LogP contribution is -2.37. The number of aromatic amines is 1. The fourth-order valence-electron chi connectivity index (χ4n) is 3.75. The summed E-state index contributed by atoms with van der Waals surface area (Å²) in [6.45, 7) is 2.97. The number of hydrogen-bond donors (Lipinski definition) is 2. The molecule has 0 unspecified atom stereocenters. The number of fused-ring (bicyclic) bond motifs is 1. The van der Waals surface area contributed by atoms with Crippen LogP contribution >= 0.6 is 11.6 Å². The second-order valence-corrected chi connectivity index (χ2v) is 7.57. The molecule has 1 aromatic heterocycles. The van der Waals surface area contributed by atoms with Gasteiger partial charge in [0.1, 0.15) is 11.9 Å². The Bertz CT molecular complexity index is 875. The molecule has 1 aliphatic rings. The SMILES string of the molecule is Cc1c(O[C@@H]2CCC[C@H](NCc3ccc(Cl)cc3)C2)ccc2[nH]ncc12. The van der Waals surface area contributed by atoms with Gasteiger partial charge in [0.05, 0.1) is 11.7 Å². The molecule has 26 heavy (non-hydrogen) atoms. The van der Waals surface area contributed by atoms with Crippen LogP contribution in [0.3, 0.4) is 0 Å². The lowest BCUT2D eigenvalue weighted by atomic mass is 9.92. The highest BCUT2D eigenvalue weighted by Gasteiger charge is 2.23. The van der Waals surface area contributed by atoms with Gasteiger partial charge < -0.3 is 10.1 Å². The van der Waals surface area contributed by atoms with Gasteiger partial charge in [0, 0.05) is 28.6 Å². The van der Waals surface area contributed by atoms with Crippen molar-refractivity contribution in [2.24, 2.45) is 0 Å². The number of aryl methyl sites for hydroxylation is 1. The van der Waals surface area contributed by atoms with E-state index in [0.29, 0.717) is 6.04 Å². The predicted molar refractivity (Wildman–Crippen MR) is 106 cm³/mol. The van der Waals surface area contributed by atoms with E-state index in [1.165, 1.54) is 18.4 Å². The molecule has 1 fully saturated rings. The summed E-state index contributed by atoms with van der Waals surface area (Å²) in [6, 6.07) is 12.6. The van der Waals surface area contributed by atoms with Crippen molar-refractivity contribution in [3.8, 4) is 5.75 Å². The number of hydrogen-bond acceptors (Lipinski definition) is 3. The second-order valence-electron chi connectivity index (χ2n) is 7.13. The maximum atomic E-state index is 6.36. The molecule has 4 nitrogen and oxygen atoms in total. The van der Waals surface area contributed by atoms with Crippen molar-refractivity contribution in [1.29, 1.82) is 0 Å². The fraction of sp³-hybridized carbons (Fsp3) is 0.381. The quantitative estimate of drug-likeness (QED) is 0.665. The molecule has 0 saturated heterocycles. The Hall–Kier alpha value is -2.04. The molecule has 1 heterocycles. The van der Waals surface area contributed by atoms with E-state index in [2.05, 4.69) is 40.6 Å². The topological polar surface area (TPSA) is 49.9 Å². The molecule has 0 spiro atoms. The van der Waals surface area contributed by atoms with Gasteiger partial charge in [0.2, 0.25) is 0 Å². The summed E-state index contributed by atoms with van der Waals surface area (Å²) < 4.78 is 6.36. The van der Waals surface area contributed by atoms with Crippen LogP contribution in [0, 0.1) is 6.92 Å². The van der Waals surface area contributed by atoms with Gasteiger partial charge in [-0.15, -0.1) is 0 Å². The van der Waals surface area contributed by atoms with Gasteiger partial charge in [-0.1, -0.05) is 23.7 Å². The predicted octanol–water partition coefficient (Wildman–Crippen LogP) is 5.00. The maximum Gasteiger partial charge on any atom is 0.123 e. The molecule has 136 valence electrons. The van der Waals surface area contributed by atoms with E-state index in [-0.39, 0.29) is 6.10 Å². The summed E-state index contributed by atoms with van der Waals surface area (Å²) in [5, 5.41) is 12.7. The Morgan fingerprint density at radius 3 is 2.88 bits per heavy atom. The van der Waals surface area contributed by atoms with Gasteiger partial charge in [-0.05, 0) is 62.4 Å². The lowest BCUT2D eigenvalue weighted by Gasteiger charge is -2.31. The second kappa shape index (κ2) is 7.68. The number of ether oxygens (including phenoxy) is 1. The Kier molecular flexibility index (Phi) is 5.14. The molecule has 4 rings (SSSR count). The summed E-state index contributed by atoms with van der Waals surface area (Å²) in [5.74, 6) is 0.974. The standard InChI is InChI=1S/C21H24ClN3O/c1-14-19-13-24-25-20(19)9-10-21(14)26-18-4-2-3-17(11-18)23-12-15-5-7-16(22)8-6-15/h5-10,13,17-18,23H,2-4,11-12H2,1H3,(H,24,25)/t17-,18+/m0/s1. The number of rotatable bonds is 5. The van der Waals surface area contributed by atoms with Crippen LogP contribution in [0.5, 0.6) is 5.75 Å². The number of nitrogens with zero attached hydrogens (tertiary/aromatic N) is 1. The first-order valence-corrected chi connectivity index (χ1v) is 9.64. The molecule has 3 aromatic rings.